The first kappa shape index (κ1) is 19.3. The van der Waals surface area contributed by atoms with Crippen LogP contribution >= 0.6 is 0 Å². The molecule has 2 aromatic heterocycles. The van der Waals surface area contributed by atoms with E-state index in [9.17, 15) is 9.18 Å². The van der Waals surface area contributed by atoms with Gasteiger partial charge in [0.25, 0.3) is 0 Å². The van der Waals surface area contributed by atoms with Crippen LogP contribution in [0.4, 0.5) is 10.2 Å². The van der Waals surface area contributed by atoms with Gasteiger partial charge in [0.2, 0.25) is 5.91 Å². The summed E-state index contributed by atoms with van der Waals surface area (Å²) in [4.78, 5) is 28.9. The first-order chi connectivity index (χ1) is 13.1. The molecule has 0 radical (unpaired) electrons. The van der Waals surface area contributed by atoms with Crippen LogP contribution in [0.1, 0.15) is 38.2 Å². The normalized spacial score (nSPS) is 15.1. The monoisotopic (exact) mass is 374 g/mol. The predicted octanol–water partition coefficient (Wildman–Crippen LogP) is 2.07. The summed E-state index contributed by atoms with van der Waals surface area (Å²) < 4.78 is 16.6. The van der Waals surface area contributed by atoms with Crippen LogP contribution in [0.5, 0.6) is 0 Å². The Morgan fingerprint density at radius 2 is 1.96 bits per heavy atom. The molecule has 1 amide bonds. The van der Waals surface area contributed by atoms with Gasteiger partial charge in [0.05, 0.1) is 5.69 Å². The average molecular weight is 374 g/mol. The number of carbonyl (C=O) groups is 1. The largest absolute Gasteiger partial charge is 0.352 e. The third-order valence-electron chi connectivity index (χ3n) is 5.01. The van der Waals surface area contributed by atoms with Gasteiger partial charge in [-0.05, 0) is 12.8 Å². The fourth-order valence-corrected chi connectivity index (χ4v) is 3.47. The van der Waals surface area contributed by atoms with Crippen LogP contribution < -0.4 is 4.90 Å². The van der Waals surface area contributed by atoms with Crippen LogP contribution in [0, 0.1) is 5.82 Å². The highest BCUT2D eigenvalue weighted by Crippen LogP contribution is 2.20. The van der Waals surface area contributed by atoms with Gasteiger partial charge in [-0.3, -0.25) is 4.79 Å². The van der Waals surface area contributed by atoms with Gasteiger partial charge in [-0.2, -0.15) is 0 Å². The van der Waals surface area contributed by atoms with Crippen molar-refractivity contribution in [3.05, 3.63) is 36.1 Å². The van der Waals surface area contributed by atoms with Crippen molar-refractivity contribution in [1.82, 2.24) is 24.4 Å². The van der Waals surface area contributed by atoms with E-state index in [2.05, 4.69) is 21.9 Å². The Bertz CT molecular complexity index is 777. The summed E-state index contributed by atoms with van der Waals surface area (Å²) in [6.07, 6.45) is 7.74. The van der Waals surface area contributed by atoms with E-state index < -0.39 is 0 Å². The van der Waals surface area contributed by atoms with Crippen molar-refractivity contribution in [2.24, 2.45) is 0 Å². The summed E-state index contributed by atoms with van der Waals surface area (Å²) in [5.41, 5.74) is 0.434. The fraction of sp³-hybridized carbons (Fsp3) is 0.579. The Hall–Kier alpha value is -2.51. The first-order valence-electron chi connectivity index (χ1n) is 9.66. The van der Waals surface area contributed by atoms with Crippen LogP contribution in [0.2, 0.25) is 0 Å². The Morgan fingerprint density at radius 1 is 1.11 bits per heavy atom. The molecule has 146 valence electrons. The van der Waals surface area contributed by atoms with Crippen molar-refractivity contribution in [2.75, 3.05) is 31.1 Å². The number of anilines is 1. The predicted molar refractivity (Wildman–Crippen MR) is 101 cm³/mol. The van der Waals surface area contributed by atoms with Gasteiger partial charge >= 0.3 is 0 Å². The molecule has 0 aromatic carbocycles. The lowest BCUT2D eigenvalue weighted by molar-refractivity contribution is -0.131. The highest BCUT2D eigenvalue weighted by atomic mass is 19.1. The van der Waals surface area contributed by atoms with E-state index in [4.69, 9.17) is 0 Å². The summed E-state index contributed by atoms with van der Waals surface area (Å²) in [5.74, 6) is 1.13. The minimum Gasteiger partial charge on any atom is -0.352 e. The van der Waals surface area contributed by atoms with Gasteiger partial charge in [0.15, 0.2) is 11.6 Å². The summed E-state index contributed by atoms with van der Waals surface area (Å²) in [6.45, 7) is 7.10. The molecule has 1 fully saturated rings. The molecule has 0 spiro atoms. The Labute approximate surface area is 159 Å². The second-order valence-electron chi connectivity index (χ2n) is 6.67. The molecule has 1 saturated heterocycles. The Kier molecular flexibility index (Phi) is 6.36. The minimum atomic E-state index is -0.341. The van der Waals surface area contributed by atoms with E-state index in [0.717, 1.165) is 18.7 Å². The van der Waals surface area contributed by atoms with E-state index in [1.165, 1.54) is 6.33 Å². The van der Waals surface area contributed by atoms with Gasteiger partial charge in [-0.25, -0.2) is 19.3 Å². The zero-order chi connectivity index (χ0) is 19.2. The Balaban J connectivity index is 1.59. The van der Waals surface area contributed by atoms with Gasteiger partial charge < -0.3 is 14.4 Å². The molecule has 0 atom stereocenters. The molecule has 1 aliphatic rings. The number of carbonyl (C=O) groups excluding carboxylic acids is 1. The highest BCUT2D eigenvalue weighted by Gasteiger charge is 2.22. The first-order valence-corrected chi connectivity index (χ1v) is 9.66. The number of halogens is 1. The van der Waals surface area contributed by atoms with Crippen molar-refractivity contribution in [3.63, 3.8) is 0 Å². The molecule has 2 aromatic rings. The van der Waals surface area contributed by atoms with E-state index >= 15 is 0 Å². The number of hydrogen-bond acceptors (Lipinski definition) is 5. The lowest BCUT2D eigenvalue weighted by atomic mass is 10.3. The van der Waals surface area contributed by atoms with Gasteiger partial charge in [-0.1, -0.05) is 13.8 Å². The molecular formula is C19H27FN6O. The zero-order valence-electron chi connectivity index (χ0n) is 16.1. The third-order valence-corrected chi connectivity index (χ3v) is 5.01. The number of amides is 1. The van der Waals surface area contributed by atoms with Crippen LogP contribution in [-0.4, -0.2) is 56.5 Å². The molecule has 1 aliphatic heterocycles. The van der Waals surface area contributed by atoms with E-state index in [1.54, 1.807) is 6.20 Å². The third kappa shape index (κ3) is 4.43. The lowest BCUT2D eigenvalue weighted by Crippen LogP contribution is -2.36. The topological polar surface area (TPSA) is 67.2 Å². The number of hydrogen-bond donors (Lipinski definition) is 0. The second kappa shape index (κ2) is 8.92. The molecule has 3 rings (SSSR count). The van der Waals surface area contributed by atoms with Gasteiger partial charge in [0.1, 0.15) is 12.2 Å². The van der Waals surface area contributed by atoms with Crippen LogP contribution in [0.15, 0.2) is 18.7 Å². The summed E-state index contributed by atoms with van der Waals surface area (Å²) in [6, 6.07) is 0. The van der Waals surface area contributed by atoms with Crippen molar-refractivity contribution in [2.45, 2.75) is 46.1 Å². The van der Waals surface area contributed by atoms with Crippen LogP contribution in [0.3, 0.4) is 0 Å². The molecule has 27 heavy (non-hydrogen) atoms. The maximum Gasteiger partial charge on any atom is 0.224 e. The molecular weight excluding hydrogens is 347 g/mol. The highest BCUT2D eigenvalue weighted by molar-refractivity contribution is 5.76. The average Bonchev–Trinajstić information content (AvgIpc) is 3.01. The number of nitrogens with zero attached hydrogens (tertiary/aromatic N) is 6. The molecule has 7 nitrogen and oxygen atoms in total. The summed E-state index contributed by atoms with van der Waals surface area (Å²) in [7, 11) is 0. The van der Waals surface area contributed by atoms with E-state index in [1.807, 2.05) is 27.5 Å². The van der Waals surface area contributed by atoms with E-state index in [-0.39, 0.29) is 11.7 Å². The molecule has 8 heteroatoms. The number of aryl methyl sites for hydroxylation is 3. The van der Waals surface area contributed by atoms with Crippen molar-refractivity contribution >= 4 is 11.7 Å². The number of rotatable bonds is 6. The second-order valence-corrected chi connectivity index (χ2v) is 6.67. The van der Waals surface area contributed by atoms with Crippen LogP contribution in [-0.2, 0) is 24.2 Å². The molecule has 3 heterocycles. The molecule has 0 saturated carbocycles. The van der Waals surface area contributed by atoms with Crippen LogP contribution in [0.25, 0.3) is 0 Å². The molecule has 0 aliphatic carbocycles. The smallest absolute Gasteiger partial charge is 0.224 e. The molecule has 0 bridgehead atoms. The van der Waals surface area contributed by atoms with Crippen molar-refractivity contribution in [1.29, 1.82) is 0 Å². The standard InChI is InChI=1S/C19H27FN6O/c1-3-15-18(20)19(23-14-22-15)26-9-5-8-25(12-13-26)17(27)6-10-24-11-7-21-16(24)4-2/h7,11,14H,3-6,8-10,12-13H2,1-2H3. The maximum absolute atomic E-state index is 14.5. The fourth-order valence-electron chi connectivity index (χ4n) is 3.47. The molecule has 0 N–H and O–H groups in total. The number of aromatic nitrogens is 4. The van der Waals surface area contributed by atoms with Gasteiger partial charge in [-0.15, -0.1) is 0 Å². The molecule has 0 unspecified atom stereocenters. The quantitative estimate of drug-likeness (QED) is 0.774. The maximum atomic E-state index is 14.5. The SMILES string of the molecule is CCc1ncnc(N2CCCN(C(=O)CCn3ccnc3CC)CC2)c1F. The minimum absolute atomic E-state index is 0.130. The van der Waals surface area contributed by atoms with E-state index in [0.29, 0.717) is 57.1 Å². The zero-order valence-corrected chi connectivity index (χ0v) is 16.1. The number of imidazole rings is 1. The van der Waals surface area contributed by atoms with Crippen molar-refractivity contribution in [3.8, 4) is 0 Å². The van der Waals surface area contributed by atoms with Crippen molar-refractivity contribution < 1.29 is 9.18 Å². The lowest BCUT2D eigenvalue weighted by Gasteiger charge is -2.23. The summed E-state index contributed by atoms with van der Waals surface area (Å²) >= 11 is 0. The summed E-state index contributed by atoms with van der Waals surface area (Å²) in [5, 5.41) is 0. The van der Waals surface area contributed by atoms with Gasteiger partial charge in [0, 0.05) is 58.0 Å². The Morgan fingerprint density at radius 3 is 2.74 bits per heavy atom.